The van der Waals surface area contributed by atoms with Gasteiger partial charge in [-0.25, -0.2) is 0 Å². The first-order chi connectivity index (χ1) is 9.75. The highest BCUT2D eigenvalue weighted by Crippen LogP contribution is 2.50. The van der Waals surface area contributed by atoms with Gasteiger partial charge in [-0.3, -0.25) is 0 Å². The Morgan fingerprint density at radius 2 is 1.95 bits per heavy atom. The van der Waals surface area contributed by atoms with E-state index in [4.69, 9.17) is 9.47 Å². The van der Waals surface area contributed by atoms with Gasteiger partial charge in [-0.15, -0.1) is 0 Å². The first kappa shape index (κ1) is 13.1. The molecule has 2 atom stereocenters. The summed E-state index contributed by atoms with van der Waals surface area (Å²) in [6, 6.07) is 6.60. The van der Waals surface area contributed by atoms with Crippen LogP contribution in [0, 0.1) is 17.2 Å². The number of benzene rings is 1. The van der Waals surface area contributed by atoms with Gasteiger partial charge in [0.1, 0.15) is 0 Å². The van der Waals surface area contributed by atoms with Crippen molar-refractivity contribution in [1.29, 1.82) is 5.26 Å². The lowest BCUT2D eigenvalue weighted by atomic mass is 9.60. The molecule has 0 saturated heterocycles. The fourth-order valence-corrected chi connectivity index (χ4v) is 3.63. The van der Waals surface area contributed by atoms with Crippen molar-refractivity contribution in [3.05, 3.63) is 29.3 Å². The van der Waals surface area contributed by atoms with Crippen molar-refractivity contribution in [2.45, 2.75) is 31.1 Å². The smallest absolute Gasteiger partial charge is 0.161 e. The molecule has 1 fully saturated rings. The summed E-state index contributed by atoms with van der Waals surface area (Å²) >= 11 is 0. The van der Waals surface area contributed by atoms with Crippen LogP contribution in [0.25, 0.3) is 6.08 Å². The van der Waals surface area contributed by atoms with Gasteiger partial charge in [0.2, 0.25) is 0 Å². The number of nitrogens with zero attached hydrogens (tertiary/aromatic N) is 1. The van der Waals surface area contributed by atoms with Gasteiger partial charge in [-0.1, -0.05) is 25.0 Å². The minimum Gasteiger partial charge on any atom is -0.493 e. The third-order valence-electron chi connectivity index (χ3n) is 4.71. The lowest BCUT2D eigenvalue weighted by Gasteiger charge is -2.41. The molecule has 0 spiro atoms. The number of allylic oxidation sites excluding steroid dienone is 1. The normalized spacial score (nSPS) is 27.1. The van der Waals surface area contributed by atoms with Crippen molar-refractivity contribution in [1.82, 2.24) is 0 Å². The number of fused-ring (bicyclic) bond motifs is 3. The van der Waals surface area contributed by atoms with Crippen LogP contribution in [0.4, 0.5) is 0 Å². The molecular weight excluding hydrogens is 250 g/mol. The van der Waals surface area contributed by atoms with E-state index in [2.05, 4.69) is 18.2 Å². The lowest BCUT2D eigenvalue weighted by molar-refractivity contribution is 0.284. The van der Waals surface area contributed by atoms with Crippen LogP contribution in [0.2, 0.25) is 0 Å². The van der Waals surface area contributed by atoms with Gasteiger partial charge in [0.05, 0.1) is 25.7 Å². The molecule has 3 nitrogen and oxygen atoms in total. The summed E-state index contributed by atoms with van der Waals surface area (Å²) < 4.78 is 10.8. The number of ether oxygens (including phenoxy) is 2. The molecule has 0 N–H and O–H groups in total. The number of nitriles is 1. The topological polar surface area (TPSA) is 42.2 Å². The van der Waals surface area contributed by atoms with E-state index in [9.17, 15) is 5.26 Å². The Hall–Kier alpha value is -1.95. The summed E-state index contributed by atoms with van der Waals surface area (Å²) in [6.07, 6.45) is 8.69. The maximum absolute atomic E-state index is 9.86. The van der Waals surface area contributed by atoms with Crippen LogP contribution < -0.4 is 9.47 Å². The zero-order valence-corrected chi connectivity index (χ0v) is 12.0. The van der Waals surface area contributed by atoms with Crippen LogP contribution in [-0.2, 0) is 5.41 Å². The summed E-state index contributed by atoms with van der Waals surface area (Å²) in [5, 5.41) is 9.86. The minimum atomic E-state index is -0.387. The molecule has 1 aromatic rings. The van der Waals surface area contributed by atoms with E-state index >= 15 is 0 Å². The van der Waals surface area contributed by atoms with Gasteiger partial charge >= 0.3 is 0 Å². The van der Waals surface area contributed by atoms with Crippen molar-refractivity contribution in [2.75, 3.05) is 14.2 Å². The van der Waals surface area contributed by atoms with E-state index in [0.717, 1.165) is 36.1 Å². The molecule has 20 heavy (non-hydrogen) atoms. The van der Waals surface area contributed by atoms with Crippen molar-refractivity contribution >= 4 is 6.08 Å². The highest BCUT2D eigenvalue weighted by Gasteiger charge is 2.44. The standard InChI is InChI=1S/C17H19NO2/c1-19-15-9-12-6-7-13-5-3-4-8-17(13,11-18)14(12)10-16(15)20-2/h6-7,9-10,13H,3-5,8H2,1-2H3/t13-,17-/m1/s1. The molecule has 1 aromatic carbocycles. The van der Waals surface area contributed by atoms with E-state index in [-0.39, 0.29) is 5.41 Å². The second kappa shape index (κ2) is 4.86. The van der Waals surface area contributed by atoms with Crippen LogP contribution in [0.1, 0.15) is 36.8 Å². The third-order valence-corrected chi connectivity index (χ3v) is 4.71. The molecule has 0 aliphatic heterocycles. The molecule has 0 bridgehead atoms. The molecule has 0 amide bonds. The monoisotopic (exact) mass is 269 g/mol. The largest absolute Gasteiger partial charge is 0.493 e. The maximum atomic E-state index is 9.86. The molecule has 0 unspecified atom stereocenters. The Balaban J connectivity index is 2.20. The summed E-state index contributed by atoms with van der Waals surface area (Å²) in [4.78, 5) is 0. The molecule has 104 valence electrons. The van der Waals surface area contributed by atoms with Gasteiger partial charge in [0, 0.05) is 0 Å². The van der Waals surface area contributed by atoms with Crippen LogP contribution in [-0.4, -0.2) is 14.2 Å². The van der Waals surface area contributed by atoms with Crippen LogP contribution in [0.3, 0.4) is 0 Å². The quantitative estimate of drug-likeness (QED) is 0.822. The van der Waals surface area contributed by atoms with Crippen molar-refractivity contribution < 1.29 is 9.47 Å². The van der Waals surface area contributed by atoms with E-state index in [1.807, 2.05) is 12.1 Å². The molecule has 0 radical (unpaired) electrons. The number of rotatable bonds is 2. The predicted octanol–water partition coefficient (Wildman–Crippen LogP) is 3.68. The van der Waals surface area contributed by atoms with Gasteiger partial charge in [-0.05, 0) is 42.0 Å². The van der Waals surface area contributed by atoms with Crippen LogP contribution in [0.15, 0.2) is 18.2 Å². The predicted molar refractivity (Wildman–Crippen MR) is 77.8 cm³/mol. The van der Waals surface area contributed by atoms with Gasteiger partial charge < -0.3 is 9.47 Å². The molecular formula is C17H19NO2. The lowest BCUT2D eigenvalue weighted by Crippen LogP contribution is -2.38. The van der Waals surface area contributed by atoms with Crippen molar-refractivity contribution in [3.63, 3.8) is 0 Å². The molecule has 3 heteroatoms. The first-order valence-electron chi connectivity index (χ1n) is 7.11. The molecule has 0 aromatic heterocycles. The highest BCUT2D eigenvalue weighted by atomic mass is 16.5. The van der Waals surface area contributed by atoms with Crippen molar-refractivity contribution in [3.8, 4) is 17.6 Å². The van der Waals surface area contributed by atoms with E-state index < -0.39 is 0 Å². The first-order valence-corrected chi connectivity index (χ1v) is 7.11. The number of methoxy groups -OCH3 is 2. The van der Waals surface area contributed by atoms with E-state index in [0.29, 0.717) is 11.7 Å². The minimum absolute atomic E-state index is 0.326. The van der Waals surface area contributed by atoms with Crippen molar-refractivity contribution in [2.24, 2.45) is 5.92 Å². The second-order valence-corrected chi connectivity index (χ2v) is 5.59. The SMILES string of the molecule is COc1cc2c(cc1OC)[C@@]1(C#N)CCCC[C@@H]1C=C2. The Bertz CT molecular complexity index is 600. The van der Waals surface area contributed by atoms with E-state index in [1.165, 1.54) is 6.42 Å². The average molecular weight is 269 g/mol. The summed E-state index contributed by atoms with van der Waals surface area (Å²) in [6.45, 7) is 0. The van der Waals surface area contributed by atoms with Gasteiger partial charge in [-0.2, -0.15) is 5.26 Å². The summed E-state index contributed by atoms with van der Waals surface area (Å²) in [5.41, 5.74) is 1.80. The number of hydrogen-bond donors (Lipinski definition) is 0. The Labute approximate surface area is 119 Å². The third kappa shape index (κ3) is 1.71. The molecule has 2 aliphatic carbocycles. The zero-order chi connectivity index (χ0) is 14.2. The maximum Gasteiger partial charge on any atom is 0.161 e. The highest BCUT2D eigenvalue weighted by molar-refractivity contribution is 5.67. The number of hydrogen-bond acceptors (Lipinski definition) is 3. The Kier molecular flexibility index (Phi) is 3.17. The zero-order valence-electron chi connectivity index (χ0n) is 12.0. The fourth-order valence-electron chi connectivity index (χ4n) is 3.63. The average Bonchev–Trinajstić information content (AvgIpc) is 2.52. The summed E-state index contributed by atoms with van der Waals surface area (Å²) in [7, 11) is 3.28. The van der Waals surface area contributed by atoms with Gasteiger partial charge in [0.25, 0.3) is 0 Å². The second-order valence-electron chi connectivity index (χ2n) is 5.59. The Morgan fingerprint density at radius 3 is 2.65 bits per heavy atom. The molecule has 2 aliphatic rings. The molecule has 3 rings (SSSR count). The molecule has 0 heterocycles. The molecule has 1 saturated carbocycles. The van der Waals surface area contributed by atoms with E-state index in [1.54, 1.807) is 14.2 Å². The Morgan fingerprint density at radius 1 is 1.20 bits per heavy atom. The fraction of sp³-hybridized carbons (Fsp3) is 0.471. The van der Waals surface area contributed by atoms with Gasteiger partial charge in [0.15, 0.2) is 11.5 Å². The van der Waals surface area contributed by atoms with Crippen LogP contribution in [0.5, 0.6) is 11.5 Å². The van der Waals surface area contributed by atoms with Crippen LogP contribution >= 0.6 is 0 Å². The summed E-state index contributed by atoms with van der Waals surface area (Å²) in [5.74, 6) is 1.76.